The van der Waals surface area contributed by atoms with Crippen molar-refractivity contribution in [1.29, 1.82) is 0 Å². The number of fused-ring (bicyclic) bond motifs is 1. The number of carbonyl (C=O) groups is 1. The smallest absolute Gasteiger partial charge is 0.313 e. The van der Waals surface area contributed by atoms with E-state index >= 15 is 0 Å². The summed E-state index contributed by atoms with van der Waals surface area (Å²) in [6.45, 7) is 2.05. The number of esters is 1. The van der Waals surface area contributed by atoms with E-state index in [-0.39, 0.29) is 19.2 Å². The largest absolute Gasteiger partial charge is 0.496 e. The van der Waals surface area contributed by atoms with Crippen LogP contribution in [0.5, 0.6) is 5.75 Å². The molecule has 0 fully saturated rings. The van der Waals surface area contributed by atoms with Gasteiger partial charge in [-0.25, -0.2) is 0 Å². The molecule has 0 saturated carbocycles. The Bertz CT molecular complexity index is 621. The van der Waals surface area contributed by atoms with Gasteiger partial charge < -0.3 is 14.6 Å². The number of methoxy groups -OCH3 is 1. The van der Waals surface area contributed by atoms with E-state index < -0.39 is 5.92 Å². The van der Waals surface area contributed by atoms with E-state index in [2.05, 4.69) is 0 Å². The molecule has 0 unspecified atom stereocenters. The van der Waals surface area contributed by atoms with Gasteiger partial charge in [0.2, 0.25) is 0 Å². The normalized spacial score (nSPS) is 12.1. The first-order valence-corrected chi connectivity index (χ1v) is 7.02. The highest BCUT2D eigenvalue weighted by Crippen LogP contribution is 2.34. The third kappa shape index (κ3) is 3.34. The Morgan fingerprint density at radius 2 is 2.00 bits per heavy atom. The summed E-state index contributed by atoms with van der Waals surface area (Å²) in [7, 11) is 1.61. The molecular weight excluding hydrogens is 268 g/mol. The molecule has 0 spiro atoms. The molecule has 0 radical (unpaired) electrons. The number of hydrogen-bond acceptors (Lipinski definition) is 4. The summed E-state index contributed by atoms with van der Waals surface area (Å²) < 4.78 is 10.7. The molecule has 21 heavy (non-hydrogen) atoms. The molecule has 0 aliphatic carbocycles. The van der Waals surface area contributed by atoms with Crippen molar-refractivity contribution < 1.29 is 19.4 Å². The van der Waals surface area contributed by atoms with Gasteiger partial charge in [-0.3, -0.25) is 4.79 Å². The average Bonchev–Trinajstić information content (AvgIpc) is 2.53. The van der Waals surface area contributed by atoms with Gasteiger partial charge in [-0.15, -0.1) is 0 Å². The van der Waals surface area contributed by atoms with Crippen LogP contribution in [-0.4, -0.2) is 31.4 Å². The van der Waals surface area contributed by atoms with Crippen LogP contribution >= 0.6 is 0 Å². The van der Waals surface area contributed by atoms with Crippen molar-refractivity contribution in [3.8, 4) is 5.75 Å². The summed E-state index contributed by atoms with van der Waals surface area (Å²) in [5.41, 5.74) is 0.810. The summed E-state index contributed by atoms with van der Waals surface area (Å²) in [4.78, 5) is 12.1. The standard InChI is InChI=1S/C17H20O4/c1-12(17(19)21-11-5-10-18)14-9-8-13-6-3-4-7-15(13)16(14)20-2/h3-4,6-9,12,18H,5,10-11H2,1-2H3/t12-/m0/s1. The zero-order valence-electron chi connectivity index (χ0n) is 12.3. The van der Waals surface area contributed by atoms with E-state index in [9.17, 15) is 4.79 Å². The van der Waals surface area contributed by atoms with Crippen molar-refractivity contribution in [3.63, 3.8) is 0 Å². The number of benzene rings is 2. The predicted molar refractivity (Wildman–Crippen MR) is 81.6 cm³/mol. The third-order valence-electron chi connectivity index (χ3n) is 3.48. The van der Waals surface area contributed by atoms with E-state index in [1.165, 1.54) is 0 Å². The third-order valence-corrected chi connectivity index (χ3v) is 3.48. The SMILES string of the molecule is COc1c([C@H](C)C(=O)OCCCO)ccc2ccccc12. The van der Waals surface area contributed by atoms with Gasteiger partial charge in [0.25, 0.3) is 0 Å². The molecule has 0 heterocycles. The quantitative estimate of drug-likeness (QED) is 0.656. The first-order valence-electron chi connectivity index (χ1n) is 7.02. The number of aliphatic hydroxyl groups excluding tert-OH is 1. The molecule has 4 heteroatoms. The molecular formula is C17H20O4. The van der Waals surface area contributed by atoms with Crippen molar-refractivity contribution in [2.45, 2.75) is 19.3 Å². The summed E-state index contributed by atoms with van der Waals surface area (Å²) in [6, 6.07) is 11.8. The average molecular weight is 288 g/mol. The number of ether oxygens (including phenoxy) is 2. The van der Waals surface area contributed by atoms with Gasteiger partial charge in [0, 0.05) is 24.0 Å². The summed E-state index contributed by atoms with van der Waals surface area (Å²) in [5.74, 6) is -0.0139. The van der Waals surface area contributed by atoms with Gasteiger partial charge in [-0.1, -0.05) is 36.4 Å². The second-order valence-electron chi connectivity index (χ2n) is 4.88. The van der Waals surface area contributed by atoms with Gasteiger partial charge in [-0.2, -0.15) is 0 Å². The lowest BCUT2D eigenvalue weighted by atomic mass is 9.96. The van der Waals surface area contributed by atoms with Crippen LogP contribution in [0.15, 0.2) is 36.4 Å². The van der Waals surface area contributed by atoms with Crippen LogP contribution in [0.3, 0.4) is 0 Å². The van der Waals surface area contributed by atoms with Gasteiger partial charge in [-0.05, 0) is 12.3 Å². The highest BCUT2D eigenvalue weighted by Gasteiger charge is 2.21. The fourth-order valence-corrected chi connectivity index (χ4v) is 2.32. The Hall–Kier alpha value is -2.07. The molecule has 0 aromatic heterocycles. The fraction of sp³-hybridized carbons (Fsp3) is 0.353. The lowest BCUT2D eigenvalue weighted by Crippen LogP contribution is -2.15. The van der Waals surface area contributed by atoms with Crippen LogP contribution in [0.2, 0.25) is 0 Å². The Morgan fingerprint density at radius 3 is 2.71 bits per heavy atom. The molecule has 2 rings (SSSR count). The minimum absolute atomic E-state index is 0.0148. The minimum atomic E-state index is -0.414. The Morgan fingerprint density at radius 1 is 1.24 bits per heavy atom. The molecule has 0 saturated heterocycles. The minimum Gasteiger partial charge on any atom is -0.496 e. The van der Waals surface area contributed by atoms with E-state index in [1.807, 2.05) is 36.4 Å². The second kappa shape index (κ2) is 7.09. The highest BCUT2D eigenvalue weighted by atomic mass is 16.5. The number of aliphatic hydroxyl groups is 1. The second-order valence-corrected chi connectivity index (χ2v) is 4.88. The summed E-state index contributed by atoms with van der Waals surface area (Å²) >= 11 is 0. The molecule has 4 nitrogen and oxygen atoms in total. The van der Waals surface area contributed by atoms with E-state index in [4.69, 9.17) is 14.6 Å². The lowest BCUT2D eigenvalue weighted by molar-refractivity contribution is -0.145. The first-order chi connectivity index (χ1) is 10.2. The van der Waals surface area contributed by atoms with Crippen LogP contribution in [0.1, 0.15) is 24.8 Å². The topological polar surface area (TPSA) is 55.8 Å². The van der Waals surface area contributed by atoms with Crippen LogP contribution in [0.25, 0.3) is 10.8 Å². The fourth-order valence-electron chi connectivity index (χ4n) is 2.32. The first kappa shape index (κ1) is 15.3. The zero-order chi connectivity index (χ0) is 15.2. The van der Waals surface area contributed by atoms with Crippen LogP contribution in [0.4, 0.5) is 0 Å². The van der Waals surface area contributed by atoms with Crippen LogP contribution < -0.4 is 4.74 Å². The zero-order valence-corrected chi connectivity index (χ0v) is 12.3. The molecule has 0 aliphatic heterocycles. The molecule has 112 valence electrons. The Balaban J connectivity index is 2.30. The maximum absolute atomic E-state index is 12.1. The van der Waals surface area contributed by atoms with Gasteiger partial charge in [0.1, 0.15) is 5.75 Å². The molecule has 0 bridgehead atoms. The molecule has 2 aromatic rings. The van der Waals surface area contributed by atoms with Crippen LogP contribution in [-0.2, 0) is 9.53 Å². The molecule has 1 N–H and O–H groups in total. The number of rotatable bonds is 6. The Kier molecular flexibility index (Phi) is 5.17. The van der Waals surface area contributed by atoms with Crippen molar-refractivity contribution in [1.82, 2.24) is 0 Å². The summed E-state index contributed by atoms with van der Waals surface area (Å²) in [6.07, 6.45) is 0.452. The van der Waals surface area contributed by atoms with Gasteiger partial charge in [0.05, 0.1) is 19.6 Å². The molecule has 1 atom stereocenters. The number of hydrogen-bond donors (Lipinski definition) is 1. The van der Waals surface area contributed by atoms with E-state index in [0.29, 0.717) is 12.2 Å². The van der Waals surface area contributed by atoms with Crippen molar-refractivity contribution in [2.24, 2.45) is 0 Å². The molecule has 0 amide bonds. The molecule has 2 aromatic carbocycles. The van der Waals surface area contributed by atoms with Gasteiger partial charge >= 0.3 is 5.97 Å². The monoisotopic (exact) mass is 288 g/mol. The van der Waals surface area contributed by atoms with E-state index in [0.717, 1.165) is 16.3 Å². The van der Waals surface area contributed by atoms with Crippen LogP contribution in [0, 0.1) is 0 Å². The predicted octanol–water partition coefficient (Wildman–Crippen LogP) is 2.88. The van der Waals surface area contributed by atoms with Crippen molar-refractivity contribution in [2.75, 3.05) is 20.3 Å². The maximum Gasteiger partial charge on any atom is 0.313 e. The maximum atomic E-state index is 12.1. The number of carbonyl (C=O) groups excluding carboxylic acids is 1. The molecule has 0 aliphatic rings. The lowest BCUT2D eigenvalue weighted by Gasteiger charge is -2.17. The van der Waals surface area contributed by atoms with Gasteiger partial charge in [0.15, 0.2) is 0 Å². The van der Waals surface area contributed by atoms with E-state index in [1.54, 1.807) is 14.0 Å². The Labute approximate surface area is 124 Å². The van der Waals surface area contributed by atoms with Crippen molar-refractivity contribution in [3.05, 3.63) is 42.0 Å². The summed E-state index contributed by atoms with van der Waals surface area (Å²) in [5, 5.41) is 10.8. The van der Waals surface area contributed by atoms with Crippen molar-refractivity contribution >= 4 is 16.7 Å². The highest BCUT2D eigenvalue weighted by molar-refractivity contribution is 5.92.